The number of benzene rings is 1. The number of aromatic nitrogens is 2. The van der Waals surface area contributed by atoms with Crippen LogP contribution in [0.3, 0.4) is 0 Å². The van der Waals surface area contributed by atoms with Gasteiger partial charge in [-0.3, -0.25) is 14.2 Å². The number of rotatable bonds is 8. The predicted molar refractivity (Wildman–Crippen MR) is 108 cm³/mol. The second-order valence-electron chi connectivity index (χ2n) is 6.80. The number of hydrogen-bond donors (Lipinski definition) is 1. The number of aliphatic imine (C=N–C) groups is 1. The van der Waals surface area contributed by atoms with Gasteiger partial charge in [0.25, 0.3) is 6.20 Å². The van der Waals surface area contributed by atoms with Crippen molar-refractivity contribution in [2.45, 2.75) is 6.92 Å². The average Bonchev–Trinajstić information content (AvgIpc) is 3.21. The molecule has 1 aromatic carbocycles. The zero-order chi connectivity index (χ0) is 20.6. The summed E-state index contributed by atoms with van der Waals surface area (Å²) >= 11 is 1.11. The molecule has 0 bridgehead atoms. The number of piperazine rings is 1. The number of aliphatic hydroxyl groups excluding tert-OH is 1. The van der Waals surface area contributed by atoms with Crippen LogP contribution in [-0.2, 0) is 0 Å². The molecule has 1 fully saturated rings. The van der Waals surface area contributed by atoms with Crippen molar-refractivity contribution in [2.75, 3.05) is 50.1 Å². The fraction of sp³-hybridized carbons (Fsp3) is 0.474. The average molecular weight is 420 g/mol. The summed E-state index contributed by atoms with van der Waals surface area (Å²) in [5.41, 5.74) is 0.615. The Bertz CT molecular complexity index is 821. The summed E-state index contributed by atoms with van der Waals surface area (Å²) in [5, 5.41) is 27.2. The summed E-state index contributed by atoms with van der Waals surface area (Å²) in [7, 11) is 0. The summed E-state index contributed by atoms with van der Waals surface area (Å²) < 4.78 is 5.16. The maximum Gasteiger partial charge on any atom is 0.324 e. The molecule has 9 nitrogen and oxygen atoms in total. The van der Waals surface area contributed by atoms with Crippen LogP contribution in [0.15, 0.2) is 46.0 Å². The fourth-order valence-electron chi connectivity index (χ4n) is 2.87. The van der Waals surface area contributed by atoms with Crippen LogP contribution < -0.4 is 14.9 Å². The number of hydrogen-bond acceptors (Lipinski definition) is 9. The van der Waals surface area contributed by atoms with Gasteiger partial charge in [-0.2, -0.15) is 5.01 Å². The lowest BCUT2D eigenvalue weighted by Gasteiger charge is -2.29. The second-order valence-corrected chi connectivity index (χ2v) is 7.79. The van der Waals surface area contributed by atoms with Gasteiger partial charge in [-0.15, -0.1) is 0 Å². The van der Waals surface area contributed by atoms with Gasteiger partial charge in [0.1, 0.15) is 0 Å². The van der Waals surface area contributed by atoms with E-state index in [0.29, 0.717) is 17.9 Å². The maximum atomic E-state index is 12.3. The standard InChI is InChI=1S/C19H25N5O4S/c1-15(14-29-19(27)16-5-3-2-4-6-16)18(26)20-17-13-24(21-28-17)23-9-7-22(8-10-23)11-12-25/h2-6,13,15,25H,7-12,14H2,1H3/t15-/m1/s1. The number of carbonyl (C=O) groups is 1. The van der Waals surface area contributed by atoms with E-state index in [-0.39, 0.29) is 23.5 Å². The monoisotopic (exact) mass is 419 g/mol. The van der Waals surface area contributed by atoms with Crippen LogP contribution in [0.2, 0.25) is 0 Å². The van der Waals surface area contributed by atoms with Gasteiger partial charge in [-0.05, 0) is 11.8 Å². The van der Waals surface area contributed by atoms with Crippen molar-refractivity contribution in [1.82, 2.24) is 10.2 Å². The molecule has 29 heavy (non-hydrogen) atoms. The molecule has 2 heterocycles. The molecule has 0 radical (unpaired) electrons. The van der Waals surface area contributed by atoms with Crippen LogP contribution in [0.5, 0.6) is 0 Å². The Balaban J connectivity index is 1.51. The van der Waals surface area contributed by atoms with Gasteiger partial charge in [0.15, 0.2) is 0 Å². The summed E-state index contributed by atoms with van der Waals surface area (Å²) in [6.07, 6.45) is 1.58. The molecule has 1 saturated heterocycles. The number of thioether (sulfide) groups is 1. The predicted octanol–water partition coefficient (Wildman–Crippen LogP) is -0.192. The molecule has 1 aromatic heterocycles. The van der Waals surface area contributed by atoms with Gasteiger partial charge in [0.05, 0.1) is 24.5 Å². The normalized spacial score (nSPS) is 16.8. The largest absolute Gasteiger partial charge is 0.861 e. The molecule has 3 rings (SSSR count). The van der Waals surface area contributed by atoms with Gasteiger partial charge in [-0.25, -0.2) is 4.99 Å². The Kier molecular flexibility index (Phi) is 7.62. The molecule has 10 heteroatoms. The highest BCUT2D eigenvalue weighted by atomic mass is 32.2. The van der Waals surface area contributed by atoms with Crippen LogP contribution in [-0.4, -0.2) is 71.4 Å². The summed E-state index contributed by atoms with van der Waals surface area (Å²) in [6, 6.07) is 8.98. The van der Waals surface area contributed by atoms with E-state index in [9.17, 15) is 9.90 Å². The molecule has 1 atom stereocenters. The van der Waals surface area contributed by atoms with E-state index in [0.717, 1.165) is 37.9 Å². The first-order valence-corrected chi connectivity index (χ1v) is 10.5. The summed E-state index contributed by atoms with van der Waals surface area (Å²) in [6.45, 7) is 5.65. The Labute approximate surface area is 173 Å². The van der Waals surface area contributed by atoms with Gasteiger partial charge in [0.2, 0.25) is 10.4 Å². The van der Waals surface area contributed by atoms with E-state index in [1.54, 1.807) is 30.0 Å². The van der Waals surface area contributed by atoms with E-state index in [2.05, 4.69) is 15.2 Å². The SMILES string of the molecule is C[C@H](CSC(=O)c1ccccc1)C([O-])=Nc1c[n+](N2CCN(CCO)CC2)no1. The van der Waals surface area contributed by atoms with Crippen LogP contribution in [0.4, 0.5) is 5.88 Å². The van der Waals surface area contributed by atoms with Crippen molar-refractivity contribution in [3.05, 3.63) is 42.1 Å². The molecular weight excluding hydrogens is 394 g/mol. The van der Waals surface area contributed by atoms with E-state index in [1.165, 1.54) is 0 Å². The molecule has 2 aromatic rings. The smallest absolute Gasteiger partial charge is 0.324 e. The third kappa shape index (κ3) is 6.02. The van der Waals surface area contributed by atoms with Gasteiger partial charge >= 0.3 is 5.88 Å². The Hall–Kier alpha value is -2.43. The maximum absolute atomic E-state index is 12.3. The van der Waals surface area contributed by atoms with Gasteiger partial charge in [-0.1, -0.05) is 49.0 Å². The minimum Gasteiger partial charge on any atom is -0.861 e. The minimum atomic E-state index is -0.423. The Morgan fingerprint density at radius 1 is 1.34 bits per heavy atom. The molecule has 1 aliphatic heterocycles. The minimum absolute atomic E-state index is 0.0666. The van der Waals surface area contributed by atoms with E-state index >= 15 is 0 Å². The summed E-state index contributed by atoms with van der Waals surface area (Å²) in [4.78, 5) is 19.8. The molecule has 1 N–H and O–H groups in total. The molecule has 0 saturated carbocycles. The van der Waals surface area contributed by atoms with Crippen molar-refractivity contribution in [3.8, 4) is 0 Å². The van der Waals surface area contributed by atoms with E-state index < -0.39 is 5.92 Å². The van der Waals surface area contributed by atoms with Crippen LogP contribution in [0.1, 0.15) is 17.3 Å². The number of β-amino-alcohol motifs (C(OH)–C–C–N with tert-alkyl or cyclic N) is 1. The molecule has 0 unspecified atom stereocenters. The molecule has 0 spiro atoms. The zero-order valence-electron chi connectivity index (χ0n) is 16.3. The number of aliphatic hydroxyl groups is 1. The van der Waals surface area contributed by atoms with Crippen LogP contribution >= 0.6 is 11.8 Å². The first-order chi connectivity index (χ1) is 14.1. The van der Waals surface area contributed by atoms with Crippen LogP contribution in [0, 0.1) is 5.92 Å². The highest BCUT2D eigenvalue weighted by Gasteiger charge is 2.25. The van der Waals surface area contributed by atoms with Crippen molar-refractivity contribution in [3.63, 3.8) is 0 Å². The van der Waals surface area contributed by atoms with E-state index in [1.807, 2.05) is 23.2 Å². The topological polar surface area (TPSA) is 109 Å². The molecule has 156 valence electrons. The van der Waals surface area contributed by atoms with Crippen molar-refractivity contribution >= 4 is 28.7 Å². The quantitative estimate of drug-likeness (QED) is 0.356. The Morgan fingerprint density at radius 3 is 2.76 bits per heavy atom. The third-order valence-electron chi connectivity index (χ3n) is 4.61. The van der Waals surface area contributed by atoms with Crippen molar-refractivity contribution in [1.29, 1.82) is 0 Å². The molecule has 0 aliphatic carbocycles. The number of nitrogens with zero attached hydrogens (tertiary/aromatic N) is 5. The lowest BCUT2D eigenvalue weighted by Crippen LogP contribution is -2.65. The van der Waals surface area contributed by atoms with E-state index in [4.69, 9.17) is 9.63 Å². The fourth-order valence-corrected chi connectivity index (χ4v) is 3.71. The third-order valence-corrected chi connectivity index (χ3v) is 5.78. The first kappa shape index (κ1) is 21.3. The second kappa shape index (κ2) is 10.4. The molecule has 1 aliphatic rings. The highest BCUT2D eigenvalue weighted by Crippen LogP contribution is 2.17. The van der Waals surface area contributed by atoms with Crippen LogP contribution in [0.25, 0.3) is 0 Å². The summed E-state index contributed by atoms with van der Waals surface area (Å²) in [5.74, 6) is -0.293. The van der Waals surface area contributed by atoms with Gasteiger partial charge < -0.3 is 10.2 Å². The molecule has 0 amide bonds. The lowest BCUT2D eigenvalue weighted by atomic mass is 10.2. The molecular formula is C19H25N5O4S. The van der Waals surface area contributed by atoms with Crippen molar-refractivity contribution in [2.24, 2.45) is 10.9 Å². The van der Waals surface area contributed by atoms with Crippen molar-refractivity contribution < 1.29 is 24.3 Å². The lowest BCUT2D eigenvalue weighted by molar-refractivity contribution is -0.759. The first-order valence-electron chi connectivity index (χ1n) is 9.51. The number of carbonyl (C=O) groups excluding carboxylic acids is 1. The zero-order valence-corrected chi connectivity index (χ0v) is 17.1. The highest BCUT2D eigenvalue weighted by molar-refractivity contribution is 8.14. The van der Waals surface area contributed by atoms with Gasteiger partial charge in [0, 0.05) is 31.0 Å². The Morgan fingerprint density at radius 2 is 2.07 bits per heavy atom.